The highest BCUT2D eigenvalue weighted by Gasteiger charge is 2.01. The van der Waals surface area contributed by atoms with Gasteiger partial charge in [-0.15, -0.1) is 0 Å². The van der Waals surface area contributed by atoms with Gasteiger partial charge >= 0.3 is 0 Å². The lowest BCUT2D eigenvalue weighted by Crippen LogP contribution is -1.80. The largest absolute Gasteiger partial charge is 0.329 e. The third-order valence-electron chi connectivity index (χ3n) is 1.83. The van der Waals surface area contributed by atoms with E-state index in [1.807, 2.05) is 12.1 Å². The van der Waals surface area contributed by atoms with Crippen LogP contribution in [0.15, 0.2) is 30.5 Å². The van der Waals surface area contributed by atoms with Crippen molar-refractivity contribution in [2.24, 2.45) is 0 Å². The number of aromatic amines is 1. The molecule has 0 aliphatic carbocycles. The van der Waals surface area contributed by atoms with Gasteiger partial charge < -0.3 is 4.98 Å². The Morgan fingerprint density at radius 3 is 2.50 bits per heavy atom. The standard InChI is InChI=1S/C10H6ClN3/c11-9-6-13-10(14-9)8-3-1-7(5-12)2-4-8/h1-4,6H,(H,13,14). The number of hydrogen-bond acceptors (Lipinski definition) is 2. The van der Waals surface area contributed by atoms with Crippen LogP contribution in [-0.4, -0.2) is 9.97 Å². The van der Waals surface area contributed by atoms with Crippen LogP contribution >= 0.6 is 11.6 Å². The molecule has 0 amide bonds. The smallest absolute Gasteiger partial charge is 0.138 e. The number of nitrogens with one attached hydrogen (secondary N) is 1. The van der Waals surface area contributed by atoms with Crippen molar-refractivity contribution in [3.63, 3.8) is 0 Å². The third-order valence-corrected chi connectivity index (χ3v) is 2.02. The van der Waals surface area contributed by atoms with Crippen molar-refractivity contribution in [1.29, 1.82) is 5.26 Å². The van der Waals surface area contributed by atoms with Gasteiger partial charge in [-0.25, -0.2) is 4.98 Å². The highest BCUT2D eigenvalue weighted by Crippen LogP contribution is 2.17. The van der Waals surface area contributed by atoms with Gasteiger partial charge in [0.1, 0.15) is 11.0 Å². The van der Waals surface area contributed by atoms with E-state index >= 15 is 0 Å². The Morgan fingerprint density at radius 2 is 2.00 bits per heavy atom. The first kappa shape index (κ1) is 8.79. The molecule has 0 fully saturated rings. The van der Waals surface area contributed by atoms with Crippen molar-refractivity contribution in [3.8, 4) is 17.5 Å². The van der Waals surface area contributed by atoms with Gasteiger partial charge in [0.05, 0.1) is 17.8 Å². The van der Waals surface area contributed by atoms with Crippen LogP contribution in [0.3, 0.4) is 0 Å². The van der Waals surface area contributed by atoms with E-state index in [-0.39, 0.29) is 0 Å². The molecule has 2 rings (SSSR count). The van der Waals surface area contributed by atoms with Crippen LogP contribution in [0.2, 0.25) is 5.15 Å². The molecule has 1 aromatic carbocycles. The predicted octanol–water partition coefficient (Wildman–Crippen LogP) is 2.60. The summed E-state index contributed by atoms with van der Waals surface area (Å²) in [5.74, 6) is 0.708. The number of hydrogen-bond donors (Lipinski definition) is 1. The van der Waals surface area contributed by atoms with E-state index in [0.29, 0.717) is 16.5 Å². The molecule has 0 radical (unpaired) electrons. The lowest BCUT2D eigenvalue weighted by Gasteiger charge is -1.95. The molecule has 0 unspecified atom stereocenters. The zero-order chi connectivity index (χ0) is 9.97. The first-order chi connectivity index (χ1) is 6.79. The second-order valence-corrected chi connectivity index (χ2v) is 3.18. The molecule has 0 spiro atoms. The number of aromatic nitrogens is 2. The number of rotatable bonds is 1. The van der Waals surface area contributed by atoms with E-state index in [1.165, 1.54) is 0 Å². The summed E-state index contributed by atoms with van der Waals surface area (Å²) in [5.41, 5.74) is 1.54. The maximum atomic E-state index is 8.61. The normalized spacial score (nSPS) is 9.71. The molecule has 4 heteroatoms. The van der Waals surface area contributed by atoms with Gasteiger partial charge in [-0.05, 0) is 24.3 Å². The summed E-state index contributed by atoms with van der Waals surface area (Å²) in [7, 11) is 0. The van der Waals surface area contributed by atoms with Gasteiger partial charge in [-0.3, -0.25) is 0 Å². The highest BCUT2D eigenvalue weighted by atomic mass is 35.5. The summed E-state index contributed by atoms with van der Waals surface area (Å²) in [5, 5.41) is 9.11. The summed E-state index contributed by atoms with van der Waals surface area (Å²) in [4.78, 5) is 6.97. The van der Waals surface area contributed by atoms with Crippen molar-refractivity contribution in [3.05, 3.63) is 41.2 Å². The van der Waals surface area contributed by atoms with Gasteiger partial charge in [-0.2, -0.15) is 5.26 Å². The van der Waals surface area contributed by atoms with E-state index in [4.69, 9.17) is 16.9 Å². The van der Waals surface area contributed by atoms with Gasteiger partial charge in [0, 0.05) is 5.56 Å². The minimum Gasteiger partial charge on any atom is -0.329 e. The molecule has 0 aliphatic rings. The maximum Gasteiger partial charge on any atom is 0.138 e. The van der Waals surface area contributed by atoms with Crippen LogP contribution in [-0.2, 0) is 0 Å². The Kier molecular flexibility index (Phi) is 2.21. The second kappa shape index (κ2) is 3.52. The fourth-order valence-electron chi connectivity index (χ4n) is 1.15. The van der Waals surface area contributed by atoms with Crippen LogP contribution < -0.4 is 0 Å². The van der Waals surface area contributed by atoms with Crippen LogP contribution in [0.4, 0.5) is 0 Å². The highest BCUT2D eigenvalue weighted by molar-refractivity contribution is 6.29. The summed E-state index contributed by atoms with van der Waals surface area (Å²) >= 11 is 5.70. The zero-order valence-electron chi connectivity index (χ0n) is 7.16. The van der Waals surface area contributed by atoms with Crippen molar-refractivity contribution >= 4 is 11.6 Å². The predicted molar refractivity (Wildman–Crippen MR) is 53.7 cm³/mol. The number of nitrogens with zero attached hydrogens (tertiary/aromatic N) is 2. The molecule has 3 nitrogen and oxygen atoms in total. The van der Waals surface area contributed by atoms with Gasteiger partial charge in [0.2, 0.25) is 0 Å². The van der Waals surface area contributed by atoms with Gasteiger partial charge in [0.25, 0.3) is 0 Å². The number of nitriles is 1. The molecule has 1 aromatic heterocycles. The molecule has 0 atom stereocenters. The Balaban J connectivity index is 2.39. The first-order valence-electron chi connectivity index (χ1n) is 4.00. The van der Waals surface area contributed by atoms with Gasteiger partial charge in [-0.1, -0.05) is 11.6 Å². The Bertz CT molecular complexity index is 479. The lowest BCUT2D eigenvalue weighted by molar-refractivity contribution is 1.31. The molecule has 2 aromatic rings. The molecule has 68 valence electrons. The molecule has 0 saturated heterocycles. The topological polar surface area (TPSA) is 52.5 Å². The van der Waals surface area contributed by atoms with Crippen molar-refractivity contribution < 1.29 is 0 Å². The first-order valence-corrected chi connectivity index (χ1v) is 4.38. The summed E-state index contributed by atoms with van der Waals surface area (Å²) in [6.45, 7) is 0. The van der Waals surface area contributed by atoms with Crippen molar-refractivity contribution in [1.82, 2.24) is 9.97 Å². The van der Waals surface area contributed by atoms with E-state index in [2.05, 4.69) is 16.0 Å². The Labute approximate surface area is 86.0 Å². The quantitative estimate of drug-likeness (QED) is 0.775. The number of halogens is 1. The average Bonchev–Trinajstić information content (AvgIpc) is 2.65. The third kappa shape index (κ3) is 1.61. The summed E-state index contributed by atoms with van der Waals surface area (Å²) < 4.78 is 0. The molecular formula is C10H6ClN3. The fraction of sp³-hybridized carbons (Fsp3) is 0. The SMILES string of the molecule is N#Cc1ccc(-c2ncc(Cl)[nH]2)cc1. The van der Waals surface area contributed by atoms with E-state index in [1.54, 1.807) is 18.3 Å². The molecule has 0 aliphatic heterocycles. The number of benzene rings is 1. The molecule has 0 bridgehead atoms. The molecule has 0 saturated carbocycles. The monoisotopic (exact) mass is 203 g/mol. The summed E-state index contributed by atoms with van der Waals surface area (Å²) in [6.07, 6.45) is 1.55. The second-order valence-electron chi connectivity index (χ2n) is 2.77. The maximum absolute atomic E-state index is 8.61. The molecule has 1 N–H and O–H groups in total. The lowest BCUT2D eigenvalue weighted by atomic mass is 10.1. The number of H-pyrrole nitrogens is 1. The fourth-order valence-corrected chi connectivity index (χ4v) is 1.29. The zero-order valence-corrected chi connectivity index (χ0v) is 7.92. The molecule has 14 heavy (non-hydrogen) atoms. The minimum atomic E-state index is 0.504. The van der Waals surface area contributed by atoms with E-state index in [9.17, 15) is 0 Å². The molecular weight excluding hydrogens is 198 g/mol. The van der Waals surface area contributed by atoms with Gasteiger partial charge in [0.15, 0.2) is 0 Å². The Morgan fingerprint density at radius 1 is 1.29 bits per heavy atom. The molecule has 1 heterocycles. The van der Waals surface area contributed by atoms with Crippen LogP contribution in [0.1, 0.15) is 5.56 Å². The van der Waals surface area contributed by atoms with E-state index in [0.717, 1.165) is 5.56 Å². The van der Waals surface area contributed by atoms with E-state index < -0.39 is 0 Å². The van der Waals surface area contributed by atoms with Crippen molar-refractivity contribution in [2.45, 2.75) is 0 Å². The van der Waals surface area contributed by atoms with Crippen molar-refractivity contribution in [2.75, 3.05) is 0 Å². The minimum absolute atomic E-state index is 0.504. The van der Waals surface area contributed by atoms with Crippen LogP contribution in [0, 0.1) is 11.3 Å². The average molecular weight is 204 g/mol. The Hall–Kier alpha value is -1.79. The van der Waals surface area contributed by atoms with Crippen LogP contribution in [0.25, 0.3) is 11.4 Å². The van der Waals surface area contributed by atoms with Crippen LogP contribution in [0.5, 0.6) is 0 Å². The number of imidazole rings is 1. The summed E-state index contributed by atoms with van der Waals surface area (Å²) in [6, 6.07) is 9.19.